The first-order chi connectivity index (χ1) is 25.0. The van der Waals surface area contributed by atoms with Crippen molar-refractivity contribution in [3.8, 4) is 0 Å². The minimum absolute atomic E-state index is 0.00771. The largest absolute Gasteiger partial charge is 0.444 e. The first-order valence-corrected chi connectivity index (χ1v) is 17.6. The Morgan fingerprint density at radius 3 is 2.12 bits per heavy atom. The predicted octanol–water partition coefficient (Wildman–Crippen LogP) is 3.58. The van der Waals surface area contributed by atoms with Crippen LogP contribution in [-0.4, -0.2) is 71.0 Å². The molecule has 4 amide bonds. The van der Waals surface area contributed by atoms with Gasteiger partial charge in [0.25, 0.3) is 5.91 Å². The van der Waals surface area contributed by atoms with Gasteiger partial charge >= 0.3 is 18.2 Å². The molecule has 1 aliphatic carbocycles. The number of Topliss-reactive ketones (excluding diaryl/α,β-unsaturated/α-hetero) is 1. The molecule has 280 valence electrons. The third-order valence-corrected chi connectivity index (χ3v) is 9.09. The summed E-state index contributed by atoms with van der Waals surface area (Å²) in [5.41, 5.74) is 12.3. The van der Waals surface area contributed by atoms with E-state index < -0.39 is 59.5 Å². The summed E-state index contributed by atoms with van der Waals surface area (Å²) in [6.45, 7) is 1.11. The second-order valence-electron chi connectivity index (χ2n) is 13.1. The standard InChI is InChI=1S/C37H48N6O9/c1-25(44)52-32-30(31(46)41-32)40-33(47)37(39,22-26-14-6-2-7-15-26)29(45)20-12-5-13-21-43(36(49)51-24-28-18-10-4-11-19-28)34(38)42-35(48)50-23-27-16-8-3-9-17-27/h3-4,8-11,16-19,26,30,32H,2,5-7,12-15,20-24,39H2,1H3,(H,40,47)(H,41,46)(H2,38,42,48)/t30-,32+,37+/m1/s1. The first kappa shape index (κ1) is 39.5. The van der Waals surface area contributed by atoms with E-state index in [1.54, 1.807) is 48.5 Å². The quantitative estimate of drug-likeness (QED) is 0.0373. The molecule has 2 fully saturated rings. The van der Waals surface area contributed by atoms with Crippen LogP contribution in [0.2, 0.25) is 0 Å². The van der Waals surface area contributed by atoms with Gasteiger partial charge in [-0.15, -0.1) is 4.99 Å². The van der Waals surface area contributed by atoms with Crippen LogP contribution < -0.4 is 22.1 Å². The van der Waals surface area contributed by atoms with Gasteiger partial charge in [0, 0.05) is 19.9 Å². The molecule has 4 rings (SSSR count). The number of β-lactam (4-membered cyclic amide) rings is 1. The molecule has 1 saturated carbocycles. The number of nitrogens with one attached hydrogen (secondary N) is 2. The molecule has 52 heavy (non-hydrogen) atoms. The van der Waals surface area contributed by atoms with Crippen LogP contribution in [0.3, 0.4) is 0 Å². The van der Waals surface area contributed by atoms with E-state index in [-0.39, 0.29) is 38.5 Å². The van der Waals surface area contributed by atoms with E-state index >= 15 is 0 Å². The van der Waals surface area contributed by atoms with Crippen LogP contribution >= 0.6 is 0 Å². The molecule has 1 saturated heterocycles. The van der Waals surface area contributed by atoms with E-state index in [9.17, 15) is 28.8 Å². The van der Waals surface area contributed by atoms with E-state index in [2.05, 4.69) is 15.6 Å². The Morgan fingerprint density at radius 2 is 1.52 bits per heavy atom. The zero-order valence-electron chi connectivity index (χ0n) is 29.4. The van der Waals surface area contributed by atoms with Gasteiger partial charge in [-0.25, -0.2) is 14.5 Å². The van der Waals surface area contributed by atoms with Gasteiger partial charge < -0.3 is 36.3 Å². The molecule has 2 aromatic carbocycles. The number of amides is 4. The predicted molar refractivity (Wildman–Crippen MR) is 189 cm³/mol. The Balaban J connectivity index is 1.36. The molecule has 0 aromatic heterocycles. The van der Waals surface area contributed by atoms with Crippen LogP contribution in [-0.2, 0) is 46.6 Å². The van der Waals surface area contributed by atoms with Crippen LogP contribution in [0.15, 0.2) is 65.7 Å². The summed E-state index contributed by atoms with van der Waals surface area (Å²) >= 11 is 0. The van der Waals surface area contributed by atoms with Gasteiger partial charge in [-0.05, 0) is 36.3 Å². The molecule has 2 aliphatic rings. The molecule has 0 bridgehead atoms. The number of hydrogen-bond donors (Lipinski definition) is 4. The monoisotopic (exact) mass is 720 g/mol. The van der Waals surface area contributed by atoms with E-state index in [0.717, 1.165) is 48.1 Å². The number of benzene rings is 2. The fraction of sp³-hybridized carbons (Fsp3) is 0.486. The number of ketones is 1. The van der Waals surface area contributed by atoms with E-state index in [1.165, 1.54) is 6.92 Å². The molecule has 15 nitrogen and oxygen atoms in total. The van der Waals surface area contributed by atoms with E-state index in [1.807, 2.05) is 12.1 Å². The Labute approximate surface area is 302 Å². The number of nitrogens with zero attached hydrogens (tertiary/aromatic N) is 2. The Hall–Kier alpha value is -5.31. The van der Waals surface area contributed by atoms with Crippen LogP contribution in [0.4, 0.5) is 9.59 Å². The molecule has 1 aliphatic heterocycles. The highest BCUT2D eigenvalue weighted by Crippen LogP contribution is 2.31. The first-order valence-electron chi connectivity index (χ1n) is 17.6. The van der Waals surface area contributed by atoms with Crippen molar-refractivity contribution in [2.24, 2.45) is 22.4 Å². The number of hydrogen-bond acceptors (Lipinski definition) is 10. The van der Waals surface area contributed by atoms with Gasteiger partial charge in [0.1, 0.15) is 13.2 Å². The fourth-order valence-electron chi connectivity index (χ4n) is 6.18. The van der Waals surface area contributed by atoms with Gasteiger partial charge in [-0.1, -0.05) is 99.2 Å². The molecule has 3 atom stereocenters. The summed E-state index contributed by atoms with van der Waals surface area (Å²) < 4.78 is 15.7. The van der Waals surface area contributed by atoms with Gasteiger partial charge in [0.15, 0.2) is 17.4 Å². The van der Waals surface area contributed by atoms with Crippen LogP contribution in [0.25, 0.3) is 0 Å². The molecule has 0 unspecified atom stereocenters. The molecule has 2 aromatic rings. The molecule has 1 heterocycles. The maximum atomic E-state index is 13.7. The van der Waals surface area contributed by atoms with Crippen molar-refractivity contribution in [2.45, 2.75) is 102 Å². The highest BCUT2D eigenvalue weighted by atomic mass is 16.6. The maximum absolute atomic E-state index is 13.7. The topological polar surface area (TPSA) is 222 Å². The van der Waals surface area contributed by atoms with Crippen molar-refractivity contribution < 1.29 is 43.0 Å². The number of guanidine groups is 1. The summed E-state index contributed by atoms with van der Waals surface area (Å²) in [5, 5.41) is 4.94. The number of unbranched alkanes of at least 4 members (excludes halogenated alkanes) is 2. The second-order valence-corrected chi connectivity index (χ2v) is 13.1. The van der Waals surface area contributed by atoms with Crippen LogP contribution in [0, 0.1) is 5.92 Å². The zero-order valence-corrected chi connectivity index (χ0v) is 29.4. The van der Waals surface area contributed by atoms with Crippen LogP contribution in [0.5, 0.6) is 0 Å². The minimum Gasteiger partial charge on any atom is -0.444 e. The maximum Gasteiger partial charge on any atom is 0.437 e. The van der Waals surface area contributed by atoms with Crippen LogP contribution in [0.1, 0.15) is 82.3 Å². The number of ether oxygens (including phenoxy) is 3. The number of rotatable bonds is 16. The van der Waals surface area contributed by atoms with Crippen molar-refractivity contribution >= 4 is 41.7 Å². The second kappa shape index (κ2) is 19.3. The van der Waals surface area contributed by atoms with Gasteiger partial charge in [-0.2, -0.15) is 0 Å². The highest BCUT2D eigenvalue weighted by molar-refractivity contribution is 6.11. The lowest BCUT2D eigenvalue weighted by Crippen LogP contribution is -2.73. The summed E-state index contributed by atoms with van der Waals surface area (Å²) in [7, 11) is 0. The number of carbonyl (C=O) groups excluding carboxylic acids is 6. The van der Waals surface area contributed by atoms with Crippen molar-refractivity contribution in [1.82, 2.24) is 15.5 Å². The Kier molecular flexibility index (Phi) is 14.7. The third kappa shape index (κ3) is 11.6. The SMILES string of the molecule is CC(=O)O[C@@H]1NC(=O)[C@H]1NC(=O)[C@](N)(CC1CCCCC1)C(=O)CCCCCN(C(=O)OCc1ccccc1)C(N)=NC(=O)OCc1ccccc1. The Morgan fingerprint density at radius 1 is 0.904 bits per heavy atom. The lowest BCUT2D eigenvalue weighted by Gasteiger charge is -2.39. The van der Waals surface area contributed by atoms with Gasteiger partial charge in [0.2, 0.25) is 18.1 Å². The molecular formula is C37H48N6O9. The smallest absolute Gasteiger partial charge is 0.437 e. The summed E-state index contributed by atoms with van der Waals surface area (Å²) in [4.78, 5) is 81.2. The highest BCUT2D eigenvalue weighted by Gasteiger charge is 2.49. The van der Waals surface area contributed by atoms with E-state index in [0.29, 0.717) is 19.3 Å². The van der Waals surface area contributed by atoms with Gasteiger partial charge in [0.05, 0.1) is 0 Å². The van der Waals surface area contributed by atoms with Gasteiger partial charge in [-0.3, -0.25) is 19.2 Å². The summed E-state index contributed by atoms with van der Waals surface area (Å²) in [5.74, 6) is -2.82. The Bertz CT molecular complexity index is 1580. The zero-order chi connectivity index (χ0) is 37.5. The minimum atomic E-state index is -1.90. The number of esters is 1. The molecule has 0 radical (unpaired) electrons. The lowest BCUT2D eigenvalue weighted by molar-refractivity contribution is -0.165. The summed E-state index contributed by atoms with van der Waals surface area (Å²) in [6.07, 6.45) is 2.96. The average Bonchev–Trinajstić information content (AvgIpc) is 3.14. The van der Waals surface area contributed by atoms with Crippen molar-refractivity contribution in [2.75, 3.05) is 6.54 Å². The normalized spacial score (nSPS) is 18.5. The van der Waals surface area contributed by atoms with Crippen molar-refractivity contribution in [3.63, 3.8) is 0 Å². The van der Waals surface area contributed by atoms with Crippen molar-refractivity contribution in [1.29, 1.82) is 0 Å². The number of carbonyl (C=O) groups is 6. The van der Waals surface area contributed by atoms with Crippen molar-refractivity contribution in [3.05, 3.63) is 71.8 Å². The lowest BCUT2D eigenvalue weighted by atomic mass is 9.76. The summed E-state index contributed by atoms with van der Waals surface area (Å²) in [6, 6.07) is 16.9. The molecular weight excluding hydrogens is 672 g/mol. The number of aliphatic imine (C=N–C) groups is 1. The fourth-order valence-corrected chi connectivity index (χ4v) is 6.18. The van der Waals surface area contributed by atoms with E-state index in [4.69, 9.17) is 25.7 Å². The molecule has 0 spiro atoms. The molecule has 6 N–H and O–H groups in total. The third-order valence-electron chi connectivity index (χ3n) is 9.09. The average molecular weight is 721 g/mol. The number of nitrogens with two attached hydrogens (primary N) is 2. The molecule has 15 heteroatoms.